The molecule has 0 fully saturated rings. The van der Waals surface area contributed by atoms with Crippen LogP contribution in [-0.2, 0) is 6.54 Å². The van der Waals surface area contributed by atoms with Gasteiger partial charge in [-0.1, -0.05) is 12.1 Å². The molecule has 0 unspecified atom stereocenters. The van der Waals surface area contributed by atoms with Crippen LogP contribution in [0, 0.1) is 6.92 Å². The lowest BCUT2D eigenvalue weighted by molar-refractivity contribution is 0.412. The lowest BCUT2D eigenvalue weighted by Crippen LogP contribution is -2.17. The molecule has 0 aliphatic rings. The molecule has 2 rings (SSSR count). The number of nitrogens with zero attached hydrogens (tertiary/aromatic N) is 1. The molecule has 18 heavy (non-hydrogen) atoms. The van der Waals surface area contributed by atoms with Gasteiger partial charge in [0, 0.05) is 30.1 Å². The van der Waals surface area contributed by atoms with E-state index in [1.165, 1.54) is 0 Å². The minimum absolute atomic E-state index is 0.0267. The Morgan fingerprint density at radius 3 is 2.72 bits per heavy atom. The van der Waals surface area contributed by atoms with Crippen LogP contribution in [0.1, 0.15) is 11.3 Å². The average molecular weight is 244 g/mol. The minimum atomic E-state index is -0.0267. The third-order valence-electron chi connectivity index (χ3n) is 2.89. The van der Waals surface area contributed by atoms with Crippen LogP contribution >= 0.6 is 0 Å². The second kappa shape index (κ2) is 5.06. The smallest absolute Gasteiger partial charge is 0.186 e. The Labute approximate surface area is 106 Å². The molecule has 0 radical (unpaired) electrons. The number of aromatic nitrogens is 1. The Bertz CT molecular complexity index is 617. The van der Waals surface area contributed by atoms with Crippen LogP contribution in [0.5, 0.6) is 5.75 Å². The van der Waals surface area contributed by atoms with Crippen LogP contribution in [-0.4, -0.2) is 11.7 Å². The van der Waals surface area contributed by atoms with Crippen molar-refractivity contribution in [1.82, 2.24) is 4.57 Å². The molecule has 0 spiro atoms. The third kappa shape index (κ3) is 2.15. The number of aryl methyl sites for hydroxylation is 1. The molecule has 2 N–H and O–H groups in total. The summed E-state index contributed by atoms with van der Waals surface area (Å²) in [5, 5.41) is 0. The van der Waals surface area contributed by atoms with Crippen LogP contribution in [0.15, 0.2) is 41.3 Å². The summed E-state index contributed by atoms with van der Waals surface area (Å²) in [6.45, 7) is 2.11. The molecular formula is C14H16N2O2. The van der Waals surface area contributed by atoms with Gasteiger partial charge in [-0.25, -0.2) is 0 Å². The van der Waals surface area contributed by atoms with Crippen molar-refractivity contribution in [3.8, 4) is 11.4 Å². The highest BCUT2D eigenvalue weighted by atomic mass is 16.5. The van der Waals surface area contributed by atoms with Crippen molar-refractivity contribution in [1.29, 1.82) is 0 Å². The number of rotatable bonds is 3. The molecule has 94 valence electrons. The number of pyridine rings is 1. The van der Waals surface area contributed by atoms with Crippen LogP contribution in [0.2, 0.25) is 0 Å². The highest BCUT2D eigenvalue weighted by Gasteiger charge is 2.08. The predicted octanol–water partition coefficient (Wildman–Crippen LogP) is 1.61. The number of para-hydroxylation sites is 2. The summed E-state index contributed by atoms with van der Waals surface area (Å²) in [5.74, 6) is 0.757. The molecule has 4 heteroatoms. The number of hydrogen-bond donors (Lipinski definition) is 1. The van der Waals surface area contributed by atoms with E-state index in [9.17, 15) is 4.79 Å². The minimum Gasteiger partial charge on any atom is -0.495 e. The van der Waals surface area contributed by atoms with Gasteiger partial charge in [0.1, 0.15) is 5.75 Å². The molecular weight excluding hydrogens is 228 g/mol. The molecule has 1 aromatic heterocycles. The molecule has 1 aromatic carbocycles. The Hall–Kier alpha value is -2.07. The maximum absolute atomic E-state index is 11.7. The Kier molecular flexibility index (Phi) is 3.48. The predicted molar refractivity (Wildman–Crippen MR) is 71.2 cm³/mol. The Balaban J connectivity index is 2.67. The second-order valence-corrected chi connectivity index (χ2v) is 4.05. The van der Waals surface area contributed by atoms with Crippen molar-refractivity contribution >= 4 is 0 Å². The molecule has 0 atom stereocenters. The number of nitrogens with two attached hydrogens (primary N) is 1. The highest BCUT2D eigenvalue weighted by Crippen LogP contribution is 2.23. The van der Waals surface area contributed by atoms with E-state index in [1.54, 1.807) is 19.4 Å². The largest absolute Gasteiger partial charge is 0.495 e. The van der Waals surface area contributed by atoms with Gasteiger partial charge >= 0.3 is 0 Å². The normalized spacial score (nSPS) is 10.4. The quantitative estimate of drug-likeness (QED) is 0.892. The first-order chi connectivity index (χ1) is 8.67. The van der Waals surface area contributed by atoms with Gasteiger partial charge in [-0.05, 0) is 19.1 Å². The fourth-order valence-corrected chi connectivity index (χ4v) is 1.91. The Morgan fingerprint density at radius 1 is 1.33 bits per heavy atom. The first kappa shape index (κ1) is 12.4. The topological polar surface area (TPSA) is 57.2 Å². The Morgan fingerprint density at radius 2 is 2.06 bits per heavy atom. The van der Waals surface area contributed by atoms with E-state index in [-0.39, 0.29) is 12.0 Å². The lowest BCUT2D eigenvalue weighted by atomic mass is 10.2. The second-order valence-electron chi connectivity index (χ2n) is 4.05. The molecule has 1 heterocycles. The zero-order valence-electron chi connectivity index (χ0n) is 10.5. The van der Waals surface area contributed by atoms with Crippen LogP contribution in [0.25, 0.3) is 5.69 Å². The summed E-state index contributed by atoms with van der Waals surface area (Å²) < 4.78 is 7.25. The summed E-state index contributed by atoms with van der Waals surface area (Å²) >= 11 is 0. The van der Waals surface area contributed by atoms with E-state index in [0.717, 1.165) is 17.1 Å². The van der Waals surface area contributed by atoms with Gasteiger partial charge in [-0.3, -0.25) is 4.79 Å². The fraction of sp³-hybridized carbons (Fsp3) is 0.214. The summed E-state index contributed by atoms with van der Waals surface area (Å²) in [5.41, 5.74) is 7.88. The summed E-state index contributed by atoms with van der Waals surface area (Å²) in [7, 11) is 1.63. The van der Waals surface area contributed by atoms with E-state index < -0.39 is 0 Å². The van der Waals surface area contributed by atoms with E-state index in [1.807, 2.05) is 35.8 Å². The summed E-state index contributed by atoms with van der Waals surface area (Å²) in [6.07, 6.45) is 1.77. The number of benzene rings is 1. The van der Waals surface area contributed by atoms with Crippen molar-refractivity contribution in [3.05, 3.63) is 58.0 Å². The van der Waals surface area contributed by atoms with Crippen LogP contribution < -0.4 is 15.9 Å². The first-order valence-corrected chi connectivity index (χ1v) is 5.73. The zero-order chi connectivity index (χ0) is 13.1. The molecule has 0 saturated carbocycles. The van der Waals surface area contributed by atoms with Gasteiger partial charge in [0.25, 0.3) is 0 Å². The average Bonchev–Trinajstić information content (AvgIpc) is 2.39. The van der Waals surface area contributed by atoms with Gasteiger partial charge in [-0.2, -0.15) is 0 Å². The van der Waals surface area contributed by atoms with Crippen molar-refractivity contribution < 1.29 is 4.74 Å². The summed E-state index contributed by atoms with van der Waals surface area (Å²) in [4.78, 5) is 11.7. The van der Waals surface area contributed by atoms with Gasteiger partial charge in [0.2, 0.25) is 0 Å². The fourth-order valence-electron chi connectivity index (χ4n) is 1.91. The maximum Gasteiger partial charge on any atom is 0.186 e. The van der Waals surface area contributed by atoms with Gasteiger partial charge in [-0.15, -0.1) is 0 Å². The van der Waals surface area contributed by atoms with Gasteiger partial charge < -0.3 is 15.0 Å². The zero-order valence-corrected chi connectivity index (χ0v) is 10.5. The van der Waals surface area contributed by atoms with Crippen molar-refractivity contribution in [2.75, 3.05) is 7.11 Å². The van der Waals surface area contributed by atoms with Crippen LogP contribution in [0.3, 0.4) is 0 Å². The third-order valence-corrected chi connectivity index (χ3v) is 2.89. The standard InChI is InChI=1S/C14H16N2O2/c1-10-7-13(17)11(8-15)9-16(10)12-5-3-4-6-14(12)18-2/h3-7,9H,8,15H2,1-2H3. The molecule has 0 amide bonds. The molecule has 4 nitrogen and oxygen atoms in total. The van der Waals surface area contributed by atoms with E-state index in [0.29, 0.717) is 5.56 Å². The van der Waals surface area contributed by atoms with Gasteiger partial charge in [0.05, 0.1) is 12.8 Å². The molecule has 2 aromatic rings. The highest BCUT2D eigenvalue weighted by molar-refractivity contribution is 5.48. The first-order valence-electron chi connectivity index (χ1n) is 5.73. The van der Waals surface area contributed by atoms with Crippen LogP contribution in [0.4, 0.5) is 0 Å². The van der Waals surface area contributed by atoms with Crippen molar-refractivity contribution in [2.24, 2.45) is 5.73 Å². The molecule has 0 aliphatic carbocycles. The number of hydrogen-bond acceptors (Lipinski definition) is 3. The maximum atomic E-state index is 11.7. The van der Waals surface area contributed by atoms with Crippen molar-refractivity contribution in [3.63, 3.8) is 0 Å². The monoisotopic (exact) mass is 244 g/mol. The number of methoxy groups -OCH3 is 1. The van der Waals surface area contributed by atoms with Gasteiger partial charge in [0.15, 0.2) is 5.43 Å². The van der Waals surface area contributed by atoms with E-state index in [2.05, 4.69) is 0 Å². The SMILES string of the molecule is COc1ccccc1-n1cc(CN)c(=O)cc1C. The van der Waals surface area contributed by atoms with E-state index in [4.69, 9.17) is 10.5 Å². The summed E-state index contributed by atoms with van der Waals surface area (Å²) in [6, 6.07) is 9.25. The number of ether oxygens (including phenoxy) is 1. The van der Waals surface area contributed by atoms with Crippen molar-refractivity contribution in [2.45, 2.75) is 13.5 Å². The molecule has 0 aliphatic heterocycles. The lowest BCUT2D eigenvalue weighted by Gasteiger charge is -2.15. The molecule has 0 bridgehead atoms. The van der Waals surface area contributed by atoms with E-state index >= 15 is 0 Å². The molecule has 0 saturated heterocycles.